The third-order valence-electron chi connectivity index (χ3n) is 3.90. The van der Waals surface area contributed by atoms with Crippen molar-refractivity contribution in [2.45, 2.75) is 45.4 Å². The van der Waals surface area contributed by atoms with Gasteiger partial charge in [0, 0.05) is 27.7 Å². The zero-order chi connectivity index (χ0) is 23.2. The minimum Gasteiger partial charge on any atom is -0.486 e. The van der Waals surface area contributed by atoms with Crippen LogP contribution in [0.15, 0.2) is 30.3 Å². The lowest BCUT2D eigenvalue weighted by Crippen LogP contribution is -2.45. The summed E-state index contributed by atoms with van der Waals surface area (Å²) in [6.45, 7) is 5.25. The maximum absolute atomic E-state index is 12.1. The number of pyridine rings is 1. The minimum absolute atomic E-state index is 0.0439. The number of carbonyl (C=O) groups is 2. The average molecular weight is 490 g/mol. The summed E-state index contributed by atoms with van der Waals surface area (Å²) in [5.74, 6) is -0.325. The number of hydrogen-bond acceptors (Lipinski definition) is 6. The van der Waals surface area contributed by atoms with Gasteiger partial charge in [-0.15, -0.1) is 0 Å². The van der Waals surface area contributed by atoms with Gasteiger partial charge in [0.2, 0.25) is 0 Å². The standard InChI is InChI=1S/C21H23Cl3N2O5/c1-21(2,3)31-20(28)26-16(19(27)29-4)10-12-8-9-17(18(24)25-12)30-11-13-14(22)6-5-7-15(13)23/h5-9,16H,10-11H2,1-4H3,(H,26,28). The van der Waals surface area contributed by atoms with E-state index in [9.17, 15) is 9.59 Å². The van der Waals surface area contributed by atoms with Gasteiger partial charge in [0.25, 0.3) is 0 Å². The molecule has 0 radical (unpaired) electrons. The predicted octanol–water partition coefficient (Wildman–Crippen LogP) is 5.23. The number of halogens is 3. The average Bonchev–Trinajstić information content (AvgIpc) is 2.66. The van der Waals surface area contributed by atoms with Gasteiger partial charge in [0.15, 0.2) is 10.9 Å². The van der Waals surface area contributed by atoms with Gasteiger partial charge in [-0.25, -0.2) is 14.6 Å². The van der Waals surface area contributed by atoms with Crippen LogP contribution >= 0.6 is 34.8 Å². The van der Waals surface area contributed by atoms with Crippen molar-refractivity contribution < 1.29 is 23.8 Å². The topological polar surface area (TPSA) is 86.8 Å². The van der Waals surface area contributed by atoms with Gasteiger partial charge in [0.05, 0.1) is 7.11 Å². The first-order valence-electron chi connectivity index (χ1n) is 9.28. The fourth-order valence-corrected chi connectivity index (χ4v) is 3.23. The normalized spacial score (nSPS) is 12.1. The molecule has 2 aromatic rings. The molecule has 0 aliphatic rings. The Morgan fingerprint density at radius 1 is 1.10 bits per heavy atom. The Morgan fingerprint density at radius 3 is 2.29 bits per heavy atom. The van der Waals surface area contributed by atoms with Crippen molar-refractivity contribution in [2.24, 2.45) is 0 Å². The molecule has 168 valence electrons. The van der Waals surface area contributed by atoms with E-state index in [0.717, 1.165) is 0 Å². The molecular weight excluding hydrogens is 467 g/mol. The Morgan fingerprint density at radius 2 is 1.74 bits per heavy atom. The van der Waals surface area contributed by atoms with Gasteiger partial charge < -0.3 is 19.5 Å². The van der Waals surface area contributed by atoms with Crippen LogP contribution in [0, 0.1) is 0 Å². The largest absolute Gasteiger partial charge is 0.486 e. The van der Waals surface area contributed by atoms with Crippen LogP contribution in [0.4, 0.5) is 4.79 Å². The first-order chi connectivity index (χ1) is 14.5. The molecule has 7 nitrogen and oxygen atoms in total. The van der Waals surface area contributed by atoms with Gasteiger partial charge in [-0.2, -0.15) is 0 Å². The molecule has 1 amide bonds. The molecular formula is C21H23Cl3N2O5. The van der Waals surface area contributed by atoms with Gasteiger partial charge >= 0.3 is 12.1 Å². The van der Waals surface area contributed by atoms with E-state index in [4.69, 9.17) is 49.0 Å². The summed E-state index contributed by atoms with van der Waals surface area (Å²) < 4.78 is 15.6. The van der Waals surface area contributed by atoms with Crippen LogP contribution in [0.1, 0.15) is 32.0 Å². The van der Waals surface area contributed by atoms with Crippen molar-refractivity contribution in [2.75, 3.05) is 7.11 Å². The van der Waals surface area contributed by atoms with Crippen LogP contribution in [-0.4, -0.2) is 35.8 Å². The molecule has 0 spiro atoms. The van der Waals surface area contributed by atoms with Crippen LogP contribution in [0.2, 0.25) is 15.2 Å². The Hall–Kier alpha value is -2.22. The molecule has 31 heavy (non-hydrogen) atoms. The van der Waals surface area contributed by atoms with Crippen LogP contribution in [0.25, 0.3) is 0 Å². The number of methoxy groups -OCH3 is 1. The van der Waals surface area contributed by atoms with E-state index in [1.54, 1.807) is 51.1 Å². The smallest absolute Gasteiger partial charge is 0.408 e. The summed E-state index contributed by atoms with van der Waals surface area (Å²) >= 11 is 18.5. The molecule has 0 bridgehead atoms. The fraction of sp³-hybridized carbons (Fsp3) is 0.381. The van der Waals surface area contributed by atoms with Crippen molar-refractivity contribution in [1.82, 2.24) is 10.3 Å². The first kappa shape index (κ1) is 25.0. The van der Waals surface area contributed by atoms with Crippen molar-refractivity contribution in [3.63, 3.8) is 0 Å². The number of amides is 1. The van der Waals surface area contributed by atoms with Crippen molar-refractivity contribution in [3.8, 4) is 5.75 Å². The highest BCUT2D eigenvalue weighted by molar-refractivity contribution is 6.36. The third-order valence-corrected chi connectivity index (χ3v) is 4.87. The number of nitrogens with one attached hydrogen (secondary N) is 1. The highest BCUT2D eigenvalue weighted by Gasteiger charge is 2.26. The number of aromatic nitrogens is 1. The molecule has 1 unspecified atom stereocenters. The van der Waals surface area contributed by atoms with Crippen LogP contribution < -0.4 is 10.1 Å². The van der Waals surface area contributed by atoms with E-state index in [-0.39, 0.29) is 18.2 Å². The molecule has 0 aliphatic carbocycles. The van der Waals surface area contributed by atoms with E-state index in [1.165, 1.54) is 7.11 Å². The molecule has 1 aromatic heterocycles. The SMILES string of the molecule is COC(=O)C(Cc1ccc(OCc2c(Cl)cccc2Cl)c(Cl)n1)NC(=O)OC(C)(C)C. The molecule has 0 fully saturated rings. The molecule has 1 aromatic carbocycles. The number of carbonyl (C=O) groups excluding carboxylic acids is 2. The second-order valence-corrected chi connectivity index (χ2v) is 8.68. The number of rotatable bonds is 7. The van der Waals surface area contributed by atoms with Crippen LogP contribution in [0.3, 0.4) is 0 Å². The van der Waals surface area contributed by atoms with E-state index in [0.29, 0.717) is 27.1 Å². The molecule has 1 N–H and O–H groups in total. The monoisotopic (exact) mass is 488 g/mol. The predicted molar refractivity (Wildman–Crippen MR) is 119 cm³/mol. The van der Waals surface area contributed by atoms with Crippen molar-refractivity contribution in [1.29, 1.82) is 0 Å². The molecule has 1 heterocycles. The van der Waals surface area contributed by atoms with E-state index in [1.807, 2.05) is 0 Å². The van der Waals surface area contributed by atoms with Crippen molar-refractivity contribution >= 4 is 46.9 Å². The van der Waals surface area contributed by atoms with Crippen molar-refractivity contribution in [3.05, 3.63) is 56.8 Å². The number of benzene rings is 1. The molecule has 2 rings (SSSR count). The molecule has 10 heteroatoms. The summed E-state index contributed by atoms with van der Waals surface area (Å²) in [6, 6.07) is 7.39. The van der Waals surface area contributed by atoms with Gasteiger partial charge in [-0.1, -0.05) is 40.9 Å². The fourth-order valence-electron chi connectivity index (χ4n) is 2.50. The summed E-state index contributed by atoms with van der Waals surface area (Å²) in [6.07, 6.45) is -0.701. The van der Waals surface area contributed by atoms with E-state index < -0.39 is 23.7 Å². The number of ether oxygens (including phenoxy) is 3. The zero-order valence-electron chi connectivity index (χ0n) is 17.5. The Balaban J connectivity index is 2.09. The Kier molecular flexibility index (Phi) is 8.79. The summed E-state index contributed by atoms with van der Waals surface area (Å²) in [4.78, 5) is 28.4. The number of alkyl carbamates (subject to hydrolysis) is 1. The molecule has 0 aliphatic heterocycles. The minimum atomic E-state index is -1.00. The molecule has 1 atom stereocenters. The second-order valence-electron chi connectivity index (χ2n) is 7.51. The van der Waals surface area contributed by atoms with Gasteiger partial charge in [-0.3, -0.25) is 0 Å². The Bertz CT molecular complexity index is 927. The van der Waals surface area contributed by atoms with Gasteiger partial charge in [-0.05, 0) is 45.0 Å². The summed E-state index contributed by atoms with van der Waals surface area (Å²) in [5, 5.41) is 3.52. The number of esters is 1. The number of nitrogens with zero attached hydrogens (tertiary/aromatic N) is 1. The van der Waals surface area contributed by atoms with Crippen LogP contribution in [0.5, 0.6) is 5.75 Å². The maximum atomic E-state index is 12.1. The molecule has 0 saturated heterocycles. The lowest BCUT2D eigenvalue weighted by molar-refractivity contribution is -0.143. The van der Waals surface area contributed by atoms with Gasteiger partial charge in [0.1, 0.15) is 18.2 Å². The zero-order valence-corrected chi connectivity index (χ0v) is 19.8. The second kappa shape index (κ2) is 10.9. The van der Waals surface area contributed by atoms with E-state index >= 15 is 0 Å². The van der Waals surface area contributed by atoms with Crippen LogP contribution in [-0.2, 0) is 27.3 Å². The molecule has 0 saturated carbocycles. The first-order valence-corrected chi connectivity index (χ1v) is 10.4. The summed E-state index contributed by atoms with van der Waals surface area (Å²) in [5.41, 5.74) is 0.355. The quantitative estimate of drug-likeness (QED) is 0.423. The maximum Gasteiger partial charge on any atom is 0.408 e. The highest BCUT2D eigenvalue weighted by Crippen LogP contribution is 2.28. The third kappa shape index (κ3) is 7.76. The van der Waals surface area contributed by atoms with E-state index in [2.05, 4.69) is 10.3 Å². The highest BCUT2D eigenvalue weighted by atomic mass is 35.5. The lowest BCUT2D eigenvalue weighted by atomic mass is 10.1. The number of hydrogen-bond donors (Lipinski definition) is 1. The Labute approximate surface area is 195 Å². The summed E-state index contributed by atoms with van der Waals surface area (Å²) in [7, 11) is 1.23. The lowest BCUT2D eigenvalue weighted by Gasteiger charge is -2.22.